The standard InChI is InChI=1S/C9H6F2N2O3/c1-16-7-4(2-12)3-13-6(9(14)15)5(7)8(10)11/h3,8H,1H3,(H,14,15). The number of alkyl halides is 2. The Balaban J connectivity index is 3.58. The van der Waals surface area contributed by atoms with Crippen molar-refractivity contribution < 1.29 is 23.4 Å². The van der Waals surface area contributed by atoms with Gasteiger partial charge in [-0.15, -0.1) is 0 Å². The predicted octanol–water partition coefficient (Wildman–Crippen LogP) is 1.60. The Morgan fingerprint density at radius 2 is 2.31 bits per heavy atom. The Hall–Kier alpha value is -2.23. The maximum absolute atomic E-state index is 12.7. The van der Waals surface area contributed by atoms with Crippen LogP contribution in [0.4, 0.5) is 8.78 Å². The quantitative estimate of drug-likeness (QED) is 0.849. The van der Waals surface area contributed by atoms with E-state index in [1.54, 1.807) is 6.07 Å². The van der Waals surface area contributed by atoms with E-state index in [4.69, 9.17) is 10.4 Å². The summed E-state index contributed by atoms with van der Waals surface area (Å²) in [7, 11) is 1.08. The van der Waals surface area contributed by atoms with Crippen LogP contribution in [-0.2, 0) is 0 Å². The summed E-state index contributed by atoms with van der Waals surface area (Å²) in [6.07, 6.45) is -2.20. The van der Waals surface area contributed by atoms with E-state index in [0.717, 1.165) is 13.3 Å². The summed E-state index contributed by atoms with van der Waals surface area (Å²) >= 11 is 0. The van der Waals surface area contributed by atoms with Crippen molar-refractivity contribution in [2.75, 3.05) is 7.11 Å². The maximum atomic E-state index is 12.7. The first-order chi connectivity index (χ1) is 7.52. The monoisotopic (exact) mass is 228 g/mol. The fourth-order valence-corrected chi connectivity index (χ4v) is 1.18. The van der Waals surface area contributed by atoms with Crippen molar-refractivity contribution in [3.05, 3.63) is 23.0 Å². The molecule has 0 amide bonds. The first-order valence-electron chi connectivity index (χ1n) is 4.01. The van der Waals surface area contributed by atoms with Crippen LogP contribution in [0.5, 0.6) is 5.75 Å². The number of carbonyl (C=O) groups is 1. The molecule has 1 aromatic rings. The van der Waals surface area contributed by atoms with Crippen LogP contribution in [0.3, 0.4) is 0 Å². The minimum absolute atomic E-state index is 0.234. The van der Waals surface area contributed by atoms with E-state index in [1.165, 1.54) is 0 Å². The third-order valence-electron chi connectivity index (χ3n) is 1.81. The fourth-order valence-electron chi connectivity index (χ4n) is 1.18. The van der Waals surface area contributed by atoms with Gasteiger partial charge in [0.05, 0.1) is 12.7 Å². The van der Waals surface area contributed by atoms with Crippen LogP contribution in [0.2, 0.25) is 0 Å². The topological polar surface area (TPSA) is 83.2 Å². The summed E-state index contributed by atoms with van der Waals surface area (Å²) in [4.78, 5) is 14.0. The molecule has 1 rings (SSSR count). The van der Waals surface area contributed by atoms with Gasteiger partial charge in [-0.2, -0.15) is 5.26 Å². The highest BCUT2D eigenvalue weighted by molar-refractivity contribution is 5.88. The van der Waals surface area contributed by atoms with Gasteiger partial charge in [0.1, 0.15) is 17.4 Å². The average Bonchev–Trinajstić information content (AvgIpc) is 2.26. The number of nitriles is 1. The Bertz CT molecular complexity index is 469. The van der Waals surface area contributed by atoms with Crippen LogP contribution in [-0.4, -0.2) is 23.2 Å². The highest BCUT2D eigenvalue weighted by Gasteiger charge is 2.26. The van der Waals surface area contributed by atoms with Crippen LogP contribution >= 0.6 is 0 Å². The molecule has 0 saturated carbocycles. The number of aromatic carboxylic acids is 1. The molecule has 7 heteroatoms. The van der Waals surface area contributed by atoms with Gasteiger partial charge < -0.3 is 9.84 Å². The lowest BCUT2D eigenvalue weighted by atomic mass is 10.1. The zero-order valence-electron chi connectivity index (χ0n) is 8.07. The van der Waals surface area contributed by atoms with Gasteiger partial charge in [0.2, 0.25) is 0 Å². The molecule has 0 saturated heterocycles. The number of methoxy groups -OCH3 is 1. The Morgan fingerprint density at radius 1 is 1.69 bits per heavy atom. The first-order valence-corrected chi connectivity index (χ1v) is 4.01. The van der Waals surface area contributed by atoms with E-state index in [-0.39, 0.29) is 5.56 Å². The molecule has 0 aliphatic carbocycles. The molecule has 16 heavy (non-hydrogen) atoms. The number of rotatable bonds is 3. The molecule has 0 fully saturated rings. The van der Waals surface area contributed by atoms with E-state index >= 15 is 0 Å². The number of hydrogen-bond acceptors (Lipinski definition) is 4. The summed E-state index contributed by atoms with van der Waals surface area (Å²) in [5.74, 6) is -2.05. The van der Waals surface area contributed by atoms with Crippen molar-refractivity contribution in [1.82, 2.24) is 4.98 Å². The fraction of sp³-hybridized carbons (Fsp3) is 0.222. The summed E-state index contributed by atoms with van der Waals surface area (Å²) < 4.78 is 29.9. The van der Waals surface area contributed by atoms with Crippen molar-refractivity contribution in [1.29, 1.82) is 5.26 Å². The van der Waals surface area contributed by atoms with Crippen LogP contribution in [0, 0.1) is 11.3 Å². The highest BCUT2D eigenvalue weighted by atomic mass is 19.3. The van der Waals surface area contributed by atoms with Gasteiger partial charge in [0, 0.05) is 6.20 Å². The largest absolute Gasteiger partial charge is 0.495 e. The normalized spacial score (nSPS) is 9.94. The molecule has 0 spiro atoms. The minimum atomic E-state index is -3.08. The molecule has 84 valence electrons. The summed E-state index contributed by atoms with van der Waals surface area (Å²) in [6, 6.07) is 1.59. The summed E-state index contributed by atoms with van der Waals surface area (Å²) in [5.41, 5.74) is -1.93. The first kappa shape index (κ1) is 11.8. The molecular formula is C9H6F2N2O3. The van der Waals surface area contributed by atoms with E-state index in [2.05, 4.69) is 9.72 Å². The molecule has 1 aromatic heterocycles. The van der Waals surface area contributed by atoms with Gasteiger partial charge in [-0.3, -0.25) is 0 Å². The lowest BCUT2D eigenvalue weighted by Crippen LogP contribution is -2.09. The van der Waals surface area contributed by atoms with Crippen LogP contribution in [0.25, 0.3) is 0 Å². The second-order valence-electron chi connectivity index (χ2n) is 2.69. The molecule has 0 radical (unpaired) electrons. The predicted molar refractivity (Wildman–Crippen MR) is 47.4 cm³/mol. The molecule has 1 N–H and O–H groups in total. The summed E-state index contributed by atoms with van der Waals surface area (Å²) in [5, 5.41) is 17.3. The maximum Gasteiger partial charge on any atom is 0.355 e. The molecule has 0 atom stereocenters. The Kier molecular flexibility index (Phi) is 3.35. The van der Waals surface area contributed by atoms with Gasteiger partial charge in [-0.1, -0.05) is 0 Å². The zero-order chi connectivity index (χ0) is 12.3. The van der Waals surface area contributed by atoms with Crippen molar-refractivity contribution in [2.24, 2.45) is 0 Å². The Morgan fingerprint density at radius 3 is 2.69 bits per heavy atom. The number of aromatic nitrogens is 1. The number of carboxylic acids is 1. The third-order valence-corrected chi connectivity index (χ3v) is 1.81. The lowest BCUT2D eigenvalue weighted by molar-refractivity contribution is 0.0675. The van der Waals surface area contributed by atoms with Crippen molar-refractivity contribution in [3.8, 4) is 11.8 Å². The Labute approximate surface area is 88.9 Å². The molecule has 0 bridgehead atoms. The van der Waals surface area contributed by atoms with E-state index in [0.29, 0.717) is 0 Å². The summed E-state index contributed by atoms with van der Waals surface area (Å²) in [6.45, 7) is 0. The van der Waals surface area contributed by atoms with Crippen LogP contribution in [0.15, 0.2) is 6.20 Å². The van der Waals surface area contributed by atoms with Crippen molar-refractivity contribution in [3.63, 3.8) is 0 Å². The van der Waals surface area contributed by atoms with E-state index in [9.17, 15) is 13.6 Å². The minimum Gasteiger partial charge on any atom is -0.495 e. The van der Waals surface area contributed by atoms with Crippen molar-refractivity contribution >= 4 is 5.97 Å². The molecule has 1 heterocycles. The van der Waals surface area contributed by atoms with Gasteiger partial charge in [-0.25, -0.2) is 18.6 Å². The highest BCUT2D eigenvalue weighted by Crippen LogP contribution is 2.33. The number of nitrogens with zero attached hydrogens (tertiary/aromatic N) is 2. The molecule has 0 aromatic carbocycles. The average molecular weight is 228 g/mol. The third kappa shape index (κ3) is 1.91. The number of halogens is 2. The van der Waals surface area contributed by atoms with Crippen LogP contribution < -0.4 is 4.74 Å². The van der Waals surface area contributed by atoms with Gasteiger partial charge in [0.15, 0.2) is 5.69 Å². The zero-order valence-corrected chi connectivity index (χ0v) is 8.07. The van der Waals surface area contributed by atoms with E-state index in [1.807, 2.05) is 0 Å². The SMILES string of the molecule is COc1c(C#N)cnc(C(=O)O)c1C(F)F. The molecule has 0 aliphatic rings. The van der Waals surface area contributed by atoms with Crippen molar-refractivity contribution in [2.45, 2.75) is 6.43 Å². The smallest absolute Gasteiger partial charge is 0.355 e. The molecular weight excluding hydrogens is 222 g/mol. The second kappa shape index (κ2) is 4.53. The molecule has 0 unspecified atom stereocenters. The van der Waals surface area contributed by atoms with Gasteiger partial charge in [-0.05, 0) is 0 Å². The number of pyridine rings is 1. The molecule has 0 aliphatic heterocycles. The van der Waals surface area contributed by atoms with Gasteiger partial charge in [0.25, 0.3) is 6.43 Å². The van der Waals surface area contributed by atoms with Gasteiger partial charge >= 0.3 is 5.97 Å². The number of hydrogen-bond donors (Lipinski definition) is 1. The lowest BCUT2D eigenvalue weighted by Gasteiger charge is -2.10. The van der Waals surface area contributed by atoms with Crippen LogP contribution in [0.1, 0.15) is 28.0 Å². The molecule has 5 nitrogen and oxygen atoms in total. The van der Waals surface area contributed by atoms with E-state index < -0.39 is 29.4 Å². The number of carboxylic acid groups (broad SMARTS) is 1. The second-order valence-corrected chi connectivity index (χ2v) is 2.69. The number of ether oxygens (including phenoxy) is 1.